The largest absolute Gasteiger partial charge is 0.308 e. The summed E-state index contributed by atoms with van der Waals surface area (Å²) in [5, 5.41) is 4.03. The number of nitrogens with zero attached hydrogens (tertiary/aromatic N) is 1. The summed E-state index contributed by atoms with van der Waals surface area (Å²) in [6.07, 6.45) is 0.925. The van der Waals surface area contributed by atoms with Gasteiger partial charge in [0, 0.05) is 22.8 Å². The Hall–Kier alpha value is -1.84. The summed E-state index contributed by atoms with van der Waals surface area (Å²) in [5.41, 5.74) is 3.42. The molecule has 120 valence electrons. The van der Waals surface area contributed by atoms with Crippen LogP contribution in [0.3, 0.4) is 0 Å². The zero-order chi connectivity index (χ0) is 16.4. The molecule has 0 bridgehead atoms. The van der Waals surface area contributed by atoms with E-state index in [1.807, 2.05) is 47.4 Å². The Morgan fingerprint density at radius 1 is 1.26 bits per heavy atom. The van der Waals surface area contributed by atoms with E-state index in [1.54, 1.807) is 0 Å². The molecule has 4 heteroatoms. The second kappa shape index (κ2) is 6.73. The lowest BCUT2D eigenvalue weighted by molar-refractivity contribution is -0.118. The van der Waals surface area contributed by atoms with Gasteiger partial charge in [0.25, 0.3) is 0 Å². The number of carbonyl (C=O) groups is 1. The molecular formula is C19H21ClN2O. The quantitative estimate of drug-likeness (QED) is 0.921. The number of para-hydroxylation sites is 1. The van der Waals surface area contributed by atoms with Crippen molar-refractivity contribution in [3.8, 4) is 0 Å². The Morgan fingerprint density at radius 2 is 1.96 bits per heavy atom. The molecule has 1 aliphatic heterocycles. The highest BCUT2D eigenvalue weighted by atomic mass is 35.5. The maximum Gasteiger partial charge on any atom is 0.241 e. The van der Waals surface area contributed by atoms with Crippen molar-refractivity contribution in [2.45, 2.75) is 32.4 Å². The first kappa shape index (κ1) is 16.0. The monoisotopic (exact) mass is 328 g/mol. The number of amides is 1. The first-order valence-electron chi connectivity index (χ1n) is 7.95. The number of carbonyl (C=O) groups excluding carboxylic acids is 1. The second-order valence-corrected chi connectivity index (χ2v) is 6.54. The molecule has 3 nitrogen and oxygen atoms in total. The van der Waals surface area contributed by atoms with Gasteiger partial charge in [-0.25, -0.2) is 0 Å². The van der Waals surface area contributed by atoms with Gasteiger partial charge in [-0.2, -0.15) is 0 Å². The molecule has 3 rings (SSSR count). The maximum absolute atomic E-state index is 12.7. The van der Waals surface area contributed by atoms with Gasteiger partial charge in [-0.15, -0.1) is 0 Å². The predicted molar refractivity (Wildman–Crippen MR) is 95.0 cm³/mol. The molecule has 23 heavy (non-hydrogen) atoms. The van der Waals surface area contributed by atoms with Crippen LogP contribution in [-0.2, 0) is 11.2 Å². The van der Waals surface area contributed by atoms with Gasteiger partial charge in [0.15, 0.2) is 0 Å². The summed E-state index contributed by atoms with van der Waals surface area (Å²) < 4.78 is 0. The molecule has 0 saturated carbocycles. The van der Waals surface area contributed by atoms with Crippen molar-refractivity contribution in [3.05, 3.63) is 64.7 Å². The Kier molecular flexibility index (Phi) is 4.69. The van der Waals surface area contributed by atoms with E-state index in [9.17, 15) is 4.79 Å². The van der Waals surface area contributed by atoms with E-state index in [-0.39, 0.29) is 18.0 Å². The Balaban J connectivity index is 1.64. The van der Waals surface area contributed by atoms with Crippen molar-refractivity contribution in [1.82, 2.24) is 5.32 Å². The van der Waals surface area contributed by atoms with E-state index in [2.05, 4.69) is 25.2 Å². The smallest absolute Gasteiger partial charge is 0.241 e. The number of halogens is 1. The van der Waals surface area contributed by atoms with Crippen molar-refractivity contribution >= 4 is 23.2 Å². The third-order valence-corrected chi connectivity index (χ3v) is 4.66. The lowest BCUT2D eigenvalue weighted by Crippen LogP contribution is -2.42. The number of nitrogens with one attached hydrogen (secondary N) is 1. The molecule has 2 atom stereocenters. The molecule has 0 unspecified atom stereocenters. The molecule has 2 aromatic carbocycles. The van der Waals surface area contributed by atoms with Crippen LogP contribution < -0.4 is 10.2 Å². The summed E-state index contributed by atoms with van der Waals surface area (Å²) in [6.45, 7) is 4.47. The van der Waals surface area contributed by atoms with Gasteiger partial charge in [0.2, 0.25) is 5.91 Å². The lowest BCUT2D eigenvalue weighted by Gasteiger charge is -2.24. The topological polar surface area (TPSA) is 32.3 Å². The zero-order valence-corrected chi connectivity index (χ0v) is 14.2. The standard InChI is InChI=1S/C19H21ClN2O/c1-13-11-16-5-3-4-6-18(16)22(13)19(23)12-21-14(2)15-7-9-17(20)10-8-15/h3-10,13-14,21H,11-12H2,1-2H3/t13-,14+/m0/s1. The number of hydrogen-bond acceptors (Lipinski definition) is 2. The molecule has 0 radical (unpaired) electrons. The van der Waals surface area contributed by atoms with Gasteiger partial charge in [0.05, 0.1) is 6.54 Å². The van der Waals surface area contributed by atoms with Crippen molar-refractivity contribution < 1.29 is 4.79 Å². The molecule has 0 fully saturated rings. The maximum atomic E-state index is 12.7. The number of anilines is 1. The minimum atomic E-state index is 0.101. The van der Waals surface area contributed by atoms with Crippen LogP contribution in [0.5, 0.6) is 0 Å². The van der Waals surface area contributed by atoms with Crippen LogP contribution in [0.1, 0.15) is 31.0 Å². The molecule has 1 N–H and O–H groups in total. The van der Waals surface area contributed by atoms with Crippen molar-refractivity contribution in [2.75, 3.05) is 11.4 Å². The average molecular weight is 329 g/mol. The van der Waals surface area contributed by atoms with Gasteiger partial charge in [-0.3, -0.25) is 4.79 Å². The van der Waals surface area contributed by atoms with Gasteiger partial charge in [-0.05, 0) is 49.6 Å². The fourth-order valence-electron chi connectivity index (χ4n) is 3.14. The van der Waals surface area contributed by atoms with Crippen molar-refractivity contribution in [3.63, 3.8) is 0 Å². The highest BCUT2D eigenvalue weighted by Crippen LogP contribution is 2.31. The van der Waals surface area contributed by atoms with Gasteiger partial charge < -0.3 is 10.2 Å². The molecule has 0 saturated heterocycles. The summed E-state index contributed by atoms with van der Waals surface area (Å²) in [5.74, 6) is 0.114. The van der Waals surface area contributed by atoms with E-state index in [0.29, 0.717) is 6.54 Å². The Bertz CT molecular complexity index is 699. The SMILES string of the molecule is C[C@@H](NCC(=O)N1c2ccccc2C[C@@H]1C)c1ccc(Cl)cc1. The Morgan fingerprint density at radius 3 is 2.70 bits per heavy atom. The van der Waals surface area contributed by atoms with E-state index >= 15 is 0 Å². The molecule has 0 aliphatic carbocycles. The number of fused-ring (bicyclic) bond motifs is 1. The minimum absolute atomic E-state index is 0.101. The normalized spacial score (nSPS) is 17.9. The lowest BCUT2D eigenvalue weighted by atomic mass is 10.1. The van der Waals surface area contributed by atoms with Crippen LogP contribution in [0.15, 0.2) is 48.5 Å². The summed E-state index contributed by atoms with van der Waals surface area (Å²) in [7, 11) is 0. The first-order valence-corrected chi connectivity index (χ1v) is 8.33. The molecule has 0 aromatic heterocycles. The zero-order valence-electron chi connectivity index (χ0n) is 13.4. The van der Waals surface area contributed by atoms with Crippen LogP contribution in [0.2, 0.25) is 5.02 Å². The number of rotatable bonds is 4. The fraction of sp³-hybridized carbons (Fsp3) is 0.316. The van der Waals surface area contributed by atoms with Crippen LogP contribution >= 0.6 is 11.6 Å². The highest BCUT2D eigenvalue weighted by Gasteiger charge is 2.30. The van der Waals surface area contributed by atoms with E-state index in [1.165, 1.54) is 5.56 Å². The second-order valence-electron chi connectivity index (χ2n) is 6.10. The number of benzene rings is 2. The van der Waals surface area contributed by atoms with Crippen molar-refractivity contribution in [1.29, 1.82) is 0 Å². The third-order valence-electron chi connectivity index (χ3n) is 4.41. The Labute approximate surface area is 142 Å². The molecular weight excluding hydrogens is 308 g/mol. The molecule has 1 heterocycles. The van der Waals surface area contributed by atoms with Gasteiger partial charge in [0.1, 0.15) is 0 Å². The van der Waals surface area contributed by atoms with E-state index < -0.39 is 0 Å². The average Bonchev–Trinajstić information content (AvgIpc) is 2.88. The van der Waals surface area contributed by atoms with Crippen LogP contribution in [-0.4, -0.2) is 18.5 Å². The van der Waals surface area contributed by atoms with Gasteiger partial charge >= 0.3 is 0 Å². The molecule has 1 amide bonds. The van der Waals surface area contributed by atoms with E-state index in [0.717, 1.165) is 22.7 Å². The summed E-state index contributed by atoms with van der Waals surface area (Å²) in [6, 6.07) is 16.2. The first-order chi connectivity index (χ1) is 11.1. The van der Waals surface area contributed by atoms with Gasteiger partial charge in [-0.1, -0.05) is 41.9 Å². The fourth-order valence-corrected chi connectivity index (χ4v) is 3.27. The summed E-state index contributed by atoms with van der Waals surface area (Å²) >= 11 is 5.91. The molecule has 2 aromatic rings. The highest BCUT2D eigenvalue weighted by molar-refractivity contribution is 6.30. The van der Waals surface area contributed by atoms with Crippen LogP contribution in [0.25, 0.3) is 0 Å². The summed E-state index contributed by atoms with van der Waals surface area (Å²) in [4.78, 5) is 14.6. The molecule has 1 aliphatic rings. The third kappa shape index (κ3) is 3.41. The van der Waals surface area contributed by atoms with Crippen LogP contribution in [0, 0.1) is 0 Å². The minimum Gasteiger partial charge on any atom is -0.308 e. The predicted octanol–water partition coefficient (Wildman–Crippen LogP) is 3.97. The number of hydrogen-bond donors (Lipinski definition) is 1. The molecule has 0 spiro atoms. The van der Waals surface area contributed by atoms with Crippen LogP contribution in [0.4, 0.5) is 5.69 Å². The van der Waals surface area contributed by atoms with Crippen molar-refractivity contribution in [2.24, 2.45) is 0 Å². The van der Waals surface area contributed by atoms with E-state index in [4.69, 9.17) is 11.6 Å².